The van der Waals surface area contributed by atoms with Gasteiger partial charge < -0.3 is 20.3 Å². The van der Waals surface area contributed by atoms with E-state index in [4.69, 9.17) is 15.2 Å². The molecule has 0 bridgehead atoms. The maximum atomic E-state index is 10.4. The van der Waals surface area contributed by atoms with E-state index in [0.29, 0.717) is 5.75 Å². The first-order valence-corrected chi connectivity index (χ1v) is 9.05. The fourth-order valence-corrected chi connectivity index (χ4v) is 3.02. The predicted octanol–water partition coefficient (Wildman–Crippen LogP) is 4.31. The van der Waals surface area contributed by atoms with Crippen LogP contribution >= 0.6 is 0 Å². The van der Waals surface area contributed by atoms with Crippen LogP contribution in [0.3, 0.4) is 0 Å². The highest BCUT2D eigenvalue weighted by molar-refractivity contribution is 5.45. The molecule has 4 heteroatoms. The molecule has 2 atom stereocenters. The second kappa shape index (κ2) is 9.78. The molecule has 0 spiro atoms. The second-order valence-electron chi connectivity index (χ2n) is 6.48. The lowest BCUT2D eigenvalue weighted by Gasteiger charge is -2.19. The predicted molar refractivity (Wildman–Crippen MR) is 92.7 cm³/mol. The summed E-state index contributed by atoms with van der Waals surface area (Å²) in [5.41, 5.74) is 6.96. The Morgan fingerprint density at radius 1 is 1.00 bits per heavy atom. The molecule has 0 saturated heterocycles. The van der Waals surface area contributed by atoms with Crippen LogP contribution in [0, 0.1) is 0 Å². The van der Waals surface area contributed by atoms with E-state index in [1.807, 2.05) is 18.2 Å². The van der Waals surface area contributed by atoms with Gasteiger partial charge in [-0.25, -0.2) is 0 Å². The molecule has 0 aromatic heterocycles. The van der Waals surface area contributed by atoms with E-state index in [9.17, 15) is 5.11 Å². The Morgan fingerprint density at radius 2 is 1.65 bits per heavy atom. The van der Waals surface area contributed by atoms with Gasteiger partial charge in [0.1, 0.15) is 0 Å². The number of hydrogen-bond donors (Lipinski definition) is 2. The van der Waals surface area contributed by atoms with Crippen molar-refractivity contribution in [2.45, 2.75) is 76.9 Å². The highest BCUT2D eigenvalue weighted by atomic mass is 16.7. The highest BCUT2D eigenvalue weighted by Gasteiger charge is 2.20. The summed E-state index contributed by atoms with van der Waals surface area (Å²) in [7, 11) is 0. The average molecular weight is 321 g/mol. The van der Waals surface area contributed by atoms with Crippen molar-refractivity contribution in [3.63, 3.8) is 0 Å². The van der Waals surface area contributed by atoms with Crippen molar-refractivity contribution in [1.82, 2.24) is 0 Å². The maximum Gasteiger partial charge on any atom is 0.231 e. The van der Waals surface area contributed by atoms with Gasteiger partial charge in [0.2, 0.25) is 6.79 Å². The first-order chi connectivity index (χ1) is 11.2. The topological polar surface area (TPSA) is 64.7 Å². The van der Waals surface area contributed by atoms with Gasteiger partial charge in [-0.1, -0.05) is 64.4 Å². The number of ether oxygens (including phenoxy) is 2. The molecule has 1 aliphatic rings. The first-order valence-electron chi connectivity index (χ1n) is 9.05. The lowest BCUT2D eigenvalue weighted by atomic mass is 9.97. The van der Waals surface area contributed by atoms with Crippen LogP contribution in [0.1, 0.15) is 76.4 Å². The van der Waals surface area contributed by atoms with E-state index < -0.39 is 6.10 Å². The summed E-state index contributed by atoms with van der Waals surface area (Å²) in [6.45, 7) is 2.49. The van der Waals surface area contributed by atoms with Crippen molar-refractivity contribution >= 4 is 0 Å². The van der Waals surface area contributed by atoms with Crippen LogP contribution in [0.2, 0.25) is 0 Å². The third-order valence-electron chi connectivity index (χ3n) is 4.53. The van der Waals surface area contributed by atoms with Gasteiger partial charge in [0, 0.05) is 6.04 Å². The van der Waals surface area contributed by atoms with Crippen LogP contribution < -0.4 is 15.2 Å². The largest absolute Gasteiger partial charge is 0.454 e. The molecule has 4 nitrogen and oxygen atoms in total. The summed E-state index contributed by atoms with van der Waals surface area (Å²) >= 11 is 0. The third-order valence-corrected chi connectivity index (χ3v) is 4.53. The Balaban J connectivity index is 1.64. The molecule has 0 amide bonds. The van der Waals surface area contributed by atoms with Gasteiger partial charge in [-0.3, -0.25) is 0 Å². The molecular weight excluding hydrogens is 290 g/mol. The van der Waals surface area contributed by atoms with E-state index in [2.05, 4.69) is 6.92 Å². The van der Waals surface area contributed by atoms with Crippen LogP contribution in [-0.2, 0) is 0 Å². The molecule has 1 heterocycles. The number of rotatable bonds is 11. The van der Waals surface area contributed by atoms with Gasteiger partial charge in [-0.05, 0) is 24.1 Å². The zero-order chi connectivity index (χ0) is 16.5. The van der Waals surface area contributed by atoms with Crippen LogP contribution in [-0.4, -0.2) is 17.9 Å². The van der Waals surface area contributed by atoms with Gasteiger partial charge in [-0.2, -0.15) is 0 Å². The van der Waals surface area contributed by atoms with E-state index in [-0.39, 0.29) is 12.8 Å². The highest BCUT2D eigenvalue weighted by Crippen LogP contribution is 2.35. The molecule has 23 heavy (non-hydrogen) atoms. The zero-order valence-corrected chi connectivity index (χ0v) is 14.3. The minimum Gasteiger partial charge on any atom is -0.454 e. The quantitative estimate of drug-likeness (QED) is 0.596. The number of unbranched alkanes of at least 4 members (excludes halogenated alkanes) is 7. The minimum absolute atomic E-state index is 0.226. The SMILES string of the molecule is CCCCCCCCCCC(N)C(O)c1ccc2c(c1)OCO2. The second-order valence-corrected chi connectivity index (χ2v) is 6.48. The Kier molecular flexibility index (Phi) is 7.69. The van der Waals surface area contributed by atoms with Crippen LogP contribution in [0.5, 0.6) is 11.5 Å². The Morgan fingerprint density at radius 3 is 2.39 bits per heavy atom. The molecule has 3 N–H and O–H groups in total. The third kappa shape index (κ3) is 5.70. The normalized spacial score (nSPS) is 15.6. The molecule has 0 radical (unpaired) electrons. The molecule has 2 rings (SSSR count). The number of fused-ring (bicyclic) bond motifs is 1. The number of benzene rings is 1. The van der Waals surface area contributed by atoms with Crippen molar-refractivity contribution in [3.8, 4) is 11.5 Å². The molecule has 0 aliphatic carbocycles. The van der Waals surface area contributed by atoms with E-state index in [1.54, 1.807) is 0 Å². The van der Waals surface area contributed by atoms with Crippen molar-refractivity contribution in [1.29, 1.82) is 0 Å². The van der Waals surface area contributed by atoms with Crippen molar-refractivity contribution < 1.29 is 14.6 Å². The number of aliphatic hydroxyl groups is 1. The van der Waals surface area contributed by atoms with Gasteiger partial charge in [0.05, 0.1) is 6.10 Å². The molecule has 2 unspecified atom stereocenters. The van der Waals surface area contributed by atoms with Crippen molar-refractivity contribution in [2.75, 3.05) is 6.79 Å². The summed E-state index contributed by atoms with van der Waals surface area (Å²) < 4.78 is 10.6. The summed E-state index contributed by atoms with van der Waals surface area (Å²) in [4.78, 5) is 0. The van der Waals surface area contributed by atoms with Gasteiger partial charge in [-0.15, -0.1) is 0 Å². The molecule has 1 aromatic rings. The molecule has 0 fully saturated rings. The molecule has 0 saturated carbocycles. The van der Waals surface area contributed by atoms with Crippen molar-refractivity contribution in [2.24, 2.45) is 5.73 Å². The summed E-state index contributed by atoms with van der Waals surface area (Å²) in [5, 5.41) is 10.4. The molecule has 1 aromatic carbocycles. The van der Waals surface area contributed by atoms with Crippen molar-refractivity contribution in [3.05, 3.63) is 23.8 Å². The average Bonchev–Trinajstić information content (AvgIpc) is 3.04. The fraction of sp³-hybridized carbons (Fsp3) is 0.684. The Hall–Kier alpha value is -1.26. The van der Waals surface area contributed by atoms with Crippen LogP contribution in [0.15, 0.2) is 18.2 Å². The lowest BCUT2D eigenvalue weighted by Crippen LogP contribution is -2.28. The zero-order valence-electron chi connectivity index (χ0n) is 14.3. The van der Waals surface area contributed by atoms with Crippen LogP contribution in [0.25, 0.3) is 0 Å². The summed E-state index contributed by atoms with van der Waals surface area (Å²) in [5.74, 6) is 1.43. The maximum absolute atomic E-state index is 10.4. The summed E-state index contributed by atoms with van der Waals surface area (Å²) in [6.07, 6.45) is 10.4. The van der Waals surface area contributed by atoms with Gasteiger partial charge in [0.15, 0.2) is 11.5 Å². The number of nitrogens with two attached hydrogens (primary N) is 1. The Bertz CT molecular complexity index is 464. The molecule has 1 aliphatic heterocycles. The minimum atomic E-state index is -0.644. The van der Waals surface area contributed by atoms with E-state index in [0.717, 1.165) is 24.2 Å². The number of aliphatic hydroxyl groups excluding tert-OH is 1. The molecule has 130 valence electrons. The summed E-state index contributed by atoms with van der Waals surface area (Å²) in [6, 6.07) is 5.31. The fourth-order valence-electron chi connectivity index (χ4n) is 3.02. The number of hydrogen-bond acceptors (Lipinski definition) is 4. The monoisotopic (exact) mass is 321 g/mol. The van der Waals surface area contributed by atoms with E-state index in [1.165, 1.54) is 44.9 Å². The standard InChI is InChI=1S/C19H31NO3/c1-2-3-4-5-6-7-8-9-10-16(20)19(21)15-11-12-17-18(13-15)23-14-22-17/h11-13,16,19,21H,2-10,14,20H2,1H3. The smallest absolute Gasteiger partial charge is 0.231 e. The van der Waals surface area contributed by atoms with Crippen LogP contribution in [0.4, 0.5) is 0 Å². The lowest BCUT2D eigenvalue weighted by molar-refractivity contribution is 0.140. The van der Waals surface area contributed by atoms with E-state index >= 15 is 0 Å². The first kappa shape index (κ1) is 18.1. The Labute approximate surface area is 140 Å². The van der Waals surface area contributed by atoms with Gasteiger partial charge >= 0.3 is 0 Å². The molecular formula is C19H31NO3. The van der Waals surface area contributed by atoms with Gasteiger partial charge in [0.25, 0.3) is 0 Å².